The number of carbonyl (C=O) groups is 1. The van der Waals surface area contributed by atoms with Gasteiger partial charge in [-0.15, -0.1) is 10.2 Å². The van der Waals surface area contributed by atoms with Gasteiger partial charge < -0.3 is 19.4 Å². The number of hydrogen-bond acceptors (Lipinski definition) is 6. The molecule has 0 fully saturated rings. The van der Waals surface area contributed by atoms with Crippen LogP contribution < -0.4 is 14.8 Å². The van der Waals surface area contributed by atoms with Crippen LogP contribution in [0, 0.1) is 0 Å². The molecule has 0 bridgehead atoms. The van der Waals surface area contributed by atoms with Crippen LogP contribution in [-0.2, 0) is 24.8 Å². The van der Waals surface area contributed by atoms with Gasteiger partial charge in [0.1, 0.15) is 5.82 Å². The molecule has 8 nitrogen and oxygen atoms in total. The minimum Gasteiger partial charge on any atom is -0.454 e. The summed E-state index contributed by atoms with van der Waals surface area (Å²) in [5.41, 5.74) is 2.94. The number of rotatable bonds is 8. The molecule has 1 amide bonds. The predicted octanol–water partition coefficient (Wildman–Crippen LogP) is 3.99. The van der Waals surface area contributed by atoms with Gasteiger partial charge in [0.05, 0.1) is 5.75 Å². The number of amides is 1. The Kier molecular flexibility index (Phi) is 6.46. The third-order valence-electron chi connectivity index (χ3n) is 5.43. The highest BCUT2D eigenvalue weighted by Crippen LogP contribution is 2.32. The highest BCUT2D eigenvalue weighted by atomic mass is 35.5. The summed E-state index contributed by atoms with van der Waals surface area (Å²) in [6.45, 7) is 0.626. The summed E-state index contributed by atoms with van der Waals surface area (Å²) in [6, 6.07) is 17.2. The minimum atomic E-state index is -0.0997. The van der Waals surface area contributed by atoms with Crippen molar-refractivity contribution in [1.29, 1.82) is 0 Å². The lowest BCUT2D eigenvalue weighted by Crippen LogP contribution is -2.24. The standard InChI is InChI=1S/C24H22ClN5O3S/c1-29-10-2-3-19(29)12-22-27-28-24(30(22)18-7-5-17(25)6-8-18)34-14-23(31)26-13-16-4-9-20-21(11-16)33-15-32-20/h2-11H,12-15H2,1H3,(H,26,31). The van der Waals surface area contributed by atoms with E-state index in [1.807, 2.05) is 66.3 Å². The second-order valence-electron chi connectivity index (χ2n) is 7.75. The molecule has 0 saturated heterocycles. The van der Waals surface area contributed by atoms with E-state index in [-0.39, 0.29) is 18.5 Å². The molecule has 5 rings (SSSR count). The molecule has 0 atom stereocenters. The fraction of sp³-hybridized carbons (Fsp3) is 0.208. The molecule has 0 saturated carbocycles. The van der Waals surface area contributed by atoms with Gasteiger partial charge in [-0.2, -0.15) is 0 Å². The van der Waals surface area contributed by atoms with Gasteiger partial charge in [-0.05, 0) is 54.1 Å². The van der Waals surface area contributed by atoms with Crippen molar-refractivity contribution in [3.63, 3.8) is 0 Å². The number of benzene rings is 2. The summed E-state index contributed by atoms with van der Waals surface area (Å²) >= 11 is 7.43. The number of ether oxygens (including phenoxy) is 2. The van der Waals surface area contributed by atoms with Crippen molar-refractivity contribution >= 4 is 29.3 Å². The Labute approximate surface area is 205 Å². The molecular weight excluding hydrogens is 474 g/mol. The third-order valence-corrected chi connectivity index (χ3v) is 6.62. The zero-order valence-corrected chi connectivity index (χ0v) is 20.0. The van der Waals surface area contributed by atoms with Gasteiger partial charge in [0, 0.05) is 42.6 Å². The summed E-state index contributed by atoms with van der Waals surface area (Å²) in [5.74, 6) is 2.31. The zero-order chi connectivity index (χ0) is 23.5. The van der Waals surface area contributed by atoms with Crippen molar-refractivity contribution < 1.29 is 14.3 Å². The molecule has 0 unspecified atom stereocenters. The van der Waals surface area contributed by atoms with Gasteiger partial charge in [-0.3, -0.25) is 9.36 Å². The fourth-order valence-corrected chi connectivity index (χ4v) is 4.56. The third kappa shape index (κ3) is 4.90. The number of aromatic nitrogens is 4. The molecular formula is C24H22ClN5O3S. The maximum Gasteiger partial charge on any atom is 0.231 e. The van der Waals surface area contributed by atoms with E-state index in [4.69, 9.17) is 21.1 Å². The summed E-state index contributed by atoms with van der Waals surface area (Å²) in [4.78, 5) is 12.6. The number of fused-ring (bicyclic) bond motifs is 1. The van der Waals surface area contributed by atoms with E-state index in [1.165, 1.54) is 11.8 Å². The van der Waals surface area contributed by atoms with Crippen LogP contribution in [0.4, 0.5) is 0 Å². The first kappa shape index (κ1) is 22.4. The average molecular weight is 496 g/mol. The summed E-state index contributed by atoms with van der Waals surface area (Å²) in [6.07, 6.45) is 2.61. The molecule has 4 aromatic rings. The van der Waals surface area contributed by atoms with Crippen molar-refractivity contribution in [2.24, 2.45) is 7.05 Å². The first-order valence-electron chi connectivity index (χ1n) is 10.7. The summed E-state index contributed by atoms with van der Waals surface area (Å²) in [5, 5.41) is 13.0. The smallest absolute Gasteiger partial charge is 0.231 e. The van der Waals surface area contributed by atoms with Crippen LogP contribution in [0.15, 0.2) is 66.0 Å². The van der Waals surface area contributed by atoms with Gasteiger partial charge >= 0.3 is 0 Å². The minimum absolute atomic E-state index is 0.0997. The molecule has 0 aliphatic carbocycles. The number of nitrogens with zero attached hydrogens (tertiary/aromatic N) is 4. The van der Waals surface area contributed by atoms with E-state index in [1.54, 1.807) is 0 Å². The average Bonchev–Trinajstić information content (AvgIpc) is 3.57. The van der Waals surface area contributed by atoms with Crippen LogP contribution in [0.5, 0.6) is 11.5 Å². The van der Waals surface area contributed by atoms with E-state index in [2.05, 4.69) is 26.1 Å². The monoisotopic (exact) mass is 495 g/mol. The quantitative estimate of drug-likeness (QED) is 0.372. The molecule has 1 aliphatic rings. The van der Waals surface area contributed by atoms with E-state index < -0.39 is 0 Å². The Morgan fingerprint density at radius 1 is 1.12 bits per heavy atom. The number of halogens is 1. The first-order chi connectivity index (χ1) is 16.6. The van der Waals surface area contributed by atoms with Crippen molar-refractivity contribution in [3.8, 4) is 17.2 Å². The molecule has 2 aromatic carbocycles. The van der Waals surface area contributed by atoms with Crippen molar-refractivity contribution in [2.75, 3.05) is 12.5 Å². The molecule has 2 aromatic heterocycles. The zero-order valence-electron chi connectivity index (χ0n) is 18.4. The van der Waals surface area contributed by atoms with Gasteiger partial charge in [-0.25, -0.2) is 0 Å². The molecule has 1 N–H and O–H groups in total. The molecule has 34 heavy (non-hydrogen) atoms. The number of carbonyl (C=O) groups excluding carboxylic acids is 1. The lowest BCUT2D eigenvalue weighted by atomic mass is 10.2. The Bertz CT molecular complexity index is 1320. The van der Waals surface area contributed by atoms with Gasteiger partial charge in [0.2, 0.25) is 12.7 Å². The number of aryl methyl sites for hydroxylation is 1. The van der Waals surface area contributed by atoms with Crippen LogP contribution in [0.1, 0.15) is 17.1 Å². The number of nitrogens with one attached hydrogen (secondary N) is 1. The second-order valence-corrected chi connectivity index (χ2v) is 9.13. The normalized spacial score (nSPS) is 12.2. The summed E-state index contributed by atoms with van der Waals surface area (Å²) < 4.78 is 14.7. The van der Waals surface area contributed by atoms with Crippen LogP contribution in [0.3, 0.4) is 0 Å². The first-order valence-corrected chi connectivity index (χ1v) is 12.0. The SMILES string of the molecule is Cn1cccc1Cc1nnc(SCC(=O)NCc2ccc3c(c2)OCO3)n1-c1ccc(Cl)cc1. The number of hydrogen-bond donors (Lipinski definition) is 1. The lowest BCUT2D eigenvalue weighted by Gasteiger charge is -2.11. The number of thioether (sulfide) groups is 1. The lowest BCUT2D eigenvalue weighted by molar-refractivity contribution is -0.118. The highest BCUT2D eigenvalue weighted by molar-refractivity contribution is 7.99. The van der Waals surface area contributed by atoms with Crippen molar-refractivity contribution in [3.05, 3.63) is 82.9 Å². The topological polar surface area (TPSA) is 83.2 Å². The van der Waals surface area contributed by atoms with Gasteiger partial charge in [0.25, 0.3) is 0 Å². The van der Waals surface area contributed by atoms with E-state index in [0.717, 1.165) is 28.5 Å². The van der Waals surface area contributed by atoms with Crippen LogP contribution in [-0.4, -0.2) is 37.8 Å². The Hall–Kier alpha value is -3.43. The molecule has 174 valence electrons. The molecule has 3 heterocycles. The molecule has 10 heteroatoms. The fourth-order valence-electron chi connectivity index (χ4n) is 3.63. The van der Waals surface area contributed by atoms with Crippen molar-refractivity contribution in [2.45, 2.75) is 18.1 Å². The Balaban J connectivity index is 1.28. The Morgan fingerprint density at radius 2 is 1.94 bits per heavy atom. The van der Waals surface area contributed by atoms with Crippen LogP contribution in [0.25, 0.3) is 5.69 Å². The van der Waals surface area contributed by atoms with Crippen LogP contribution >= 0.6 is 23.4 Å². The van der Waals surface area contributed by atoms with Gasteiger partial charge in [-0.1, -0.05) is 29.4 Å². The maximum atomic E-state index is 12.6. The van der Waals surface area contributed by atoms with Gasteiger partial charge in [0.15, 0.2) is 16.7 Å². The summed E-state index contributed by atoms with van der Waals surface area (Å²) in [7, 11) is 2.00. The largest absolute Gasteiger partial charge is 0.454 e. The van der Waals surface area contributed by atoms with E-state index in [9.17, 15) is 4.79 Å². The maximum absolute atomic E-state index is 12.6. The highest BCUT2D eigenvalue weighted by Gasteiger charge is 2.18. The van der Waals surface area contributed by atoms with E-state index >= 15 is 0 Å². The van der Waals surface area contributed by atoms with Crippen LogP contribution in [0.2, 0.25) is 5.02 Å². The van der Waals surface area contributed by atoms with E-state index in [0.29, 0.717) is 28.9 Å². The molecule has 1 aliphatic heterocycles. The molecule has 0 radical (unpaired) electrons. The Morgan fingerprint density at radius 3 is 2.74 bits per heavy atom. The van der Waals surface area contributed by atoms with Crippen molar-refractivity contribution in [1.82, 2.24) is 24.6 Å². The second kappa shape index (κ2) is 9.82. The molecule has 0 spiro atoms. The predicted molar refractivity (Wildman–Crippen MR) is 130 cm³/mol.